The molecule has 0 saturated heterocycles. The first-order chi connectivity index (χ1) is 13.2. The molecule has 0 radical (unpaired) electrons. The summed E-state index contributed by atoms with van der Waals surface area (Å²) in [6.45, 7) is 4.64. The Balaban J connectivity index is 1.53. The lowest BCUT2D eigenvalue weighted by atomic mass is 9.76. The van der Waals surface area contributed by atoms with Crippen molar-refractivity contribution >= 4 is 0 Å². The SMILES string of the molecule is CCCCCC(C)c1ccc(C2CCC(c3ccc(C#N)cc3)CC2)cc1. The van der Waals surface area contributed by atoms with Crippen LogP contribution in [0.4, 0.5) is 0 Å². The summed E-state index contributed by atoms with van der Waals surface area (Å²) in [4.78, 5) is 0. The molecule has 1 saturated carbocycles. The molecule has 1 aliphatic rings. The highest BCUT2D eigenvalue weighted by Gasteiger charge is 2.23. The molecule has 2 aromatic rings. The minimum atomic E-state index is 0.659. The number of benzene rings is 2. The van der Waals surface area contributed by atoms with Crippen LogP contribution in [0.2, 0.25) is 0 Å². The molecule has 1 heteroatoms. The van der Waals surface area contributed by atoms with E-state index >= 15 is 0 Å². The van der Waals surface area contributed by atoms with Crippen molar-refractivity contribution in [2.24, 2.45) is 0 Å². The molecule has 0 heterocycles. The predicted octanol–water partition coefficient (Wildman–Crippen LogP) is 7.68. The smallest absolute Gasteiger partial charge is 0.0991 e. The van der Waals surface area contributed by atoms with Gasteiger partial charge in [0.1, 0.15) is 0 Å². The van der Waals surface area contributed by atoms with E-state index in [1.165, 1.54) is 68.1 Å². The van der Waals surface area contributed by atoms with Crippen LogP contribution in [-0.2, 0) is 0 Å². The largest absolute Gasteiger partial charge is 0.192 e. The molecule has 0 aromatic heterocycles. The number of hydrogen-bond acceptors (Lipinski definition) is 1. The summed E-state index contributed by atoms with van der Waals surface area (Å²) in [6, 6.07) is 20.0. The molecule has 0 spiro atoms. The minimum Gasteiger partial charge on any atom is -0.192 e. The van der Waals surface area contributed by atoms with Crippen LogP contribution in [0, 0.1) is 11.3 Å². The van der Waals surface area contributed by atoms with E-state index in [1.54, 1.807) is 0 Å². The van der Waals surface area contributed by atoms with Crippen molar-refractivity contribution in [1.29, 1.82) is 5.26 Å². The third kappa shape index (κ3) is 5.23. The Hall–Kier alpha value is -2.07. The second kappa shape index (κ2) is 9.75. The summed E-state index contributed by atoms with van der Waals surface area (Å²) in [5.41, 5.74) is 5.19. The maximum Gasteiger partial charge on any atom is 0.0991 e. The number of rotatable bonds is 7. The van der Waals surface area contributed by atoms with Crippen molar-refractivity contribution in [2.45, 2.75) is 83.0 Å². The summed E-state index contributed by atoms with van der Waals surface area (Å²) in [7, 11) is 0. The fourth-order valence-corrected chi connectivity index (χ4v) is 4.55. The van der Waals surface area contributed by atoms with Crippen LogP contribution in [0.1, 0.15) is 105 Å². The molecule has 0 bridgehead atoms. The van der Waals surface area contributed by atoms with Crippen molar-refractivity contribution in [3.8, 4) is 6.07 Å². The maximum atomic E-state index is 8.96. The van der Waals surface area contributed by atoms with Crippen LogP contribution in [0.5, 0.6) is 0 Å². The quantitative estimate of drug-likeness (QED) is 0.465. The van der Waals surface area contributed by atoms with E-state index in [9.17, 15) is 0 Å². The van der Waals surface area contributed by atoms with Gasteiger partial charge in [0, 0.05) is 0 Å². The maximum absolute atomic E-state index is 8.96. The minimum absolute atomic E-state index is 0.659. The van der Waals surface area contributed by atoms with Gasteiger partial charge in [-0.05, 0) is 78.7 Å². The summed E-state index contributed by atoms with van der Waals surface area (Å²) in [5.74, 6) is 2.05. The lowest BCUT2D eigenvalue weighted by Crippen LogP contribution is -2.12. The molecule has 1 fully saturated rings. The highest BCUT2D eigenvalue weighted by Crippen LogP contribution is 2.40. The van der Waals surface area contributed by atoms with E-state index in [0.717, 1.165) is 5.56 Å². The molecule has 0 amide bonds. The predicted molar refractivity (Wildman–Crippen MR) is 114 cm³/mol. The molecule has 2 aromatic carbocycles. The summed E-state index contributed by atoms with van der Waals surface area (Å²) < 4.78 is 0. The zero-order valence-electron chi connectivity index (χ0n) is 17.0. The van der Waals surface area contributed by atoms with Crippen molar-refractivity contribution in [1.82, 2.24) is 0 Å². The molecule has 1 unspecified atom stereocenters. The van der Waals surface area contributed by atoms with Crippen LogP contribution in [0.25, 0.3) is 0 Å². The molecular weight excluding hydrogens is 326 g/mol. The van der Waals surface area contributed by atoms with Crippen LogP contribution in [-0.4, -0.2) is 0 Å². The van der Waals surface area contributed by atoms with E-state index < -0.39 is 0 Å². The Morgan fingerprint density at radius 1 is 0.852 bits per heavy atom. The van der Waals surface area contributed by atoms with Crippen LogP contribution in [0.15, 0.2) is 48.5 Å². The number of nitrogens with zero attached hydrogens (tertiary/aromatic N) is 1. The van der Waals surface area contributed by atoms with Crippen LogP contribution < -0.4 is 0 Å². The first kappa shape index (κ1) is 19.7. The zero-order chi connectivity index (χ0) is 19.1. The fourth-order valence-electron chi connectivity index (χ4n) is 4.55. The third-order valence-corrected chi connectivity index (χ3v) is 6.46. The number of nitriles is 1. The van der Waals surface area contributed by atoms with Crippen molar-refractivity contribution in [2.75, 3.05) is 0 Å². The van der Waals surface area contributed by atoms with Crippen molar-refractivity contribution in [3.63, 3.8) is 0 Å². The molecule has 1 aliphatic carbocycles. The fraction of sp³-hybridized carbons (Fsp3) is 0.500. The van der Waals surface area contributed by atoms with Gasteiger partial charge in [0.05, 0.1) is 11.6 Å². The standard InChI is InChI=1S/C26H33N/c1-3-4-5-6-20(2)22-11-13-24(14-12-22)26-17-15-25(16-18-26)23-9-7-21(19-27)8-10-23/h7-14,20,25-26H,3-6,15-18H2,1-2H3. The van der Waals surface area contributed by atoms with Gasteiger partial charge >= 0.3 is 0 Å². The highest BCUT2D eigenvalue weighted by atomic mass is 14.3. The number of hydrogen-bond donors (Lipinski definition) is 0. The average Bonchev–Trinajstić information content (AvgIpc) is 2.74. The average molecular weight is 360 g/mol. The molecule has 1 atom stereocenters. The van der Waals surface area contributed by atoms with E-state index in [-0.39, 0.29) is 0 Å². The summed E-state index contributed by atoms with van der Waals surface area (Å²) in [6.07, 6.45) is 10.4. The summed E-state index contributed by atoms with van der Waals surface area (Å²) >= 11 is 0. The summed E-state index contributed by atoms with van der Waals surface area (Å²) in [5, 5.41) is 8.96. The Kier molecular flexibility index (Phi) is 7.11. The Morgan fingerprint density at radius 3 is 1.85 bits per heavy atom. The first-order valence-electron chi connectivity index (χ1n) is 10.8. The van der Waals surface area contributed by atoms with Gasteiger partial charge < -0.3 is 0 Å². The zero-order valence-corrected chi connectivity index (χ0v) is 17.0. The normalized spacial score (nSPS) is 20.8. The Bertz CT molecular complexity index is 727. The van der Waals surface area contributed by atoms with Gasteiger partial charge in [-0.2, -0.15) is 5.26 Å². The molecule has 0 N–H and O–H groups in total. The van der Waals surface area contributed by atoms with Gasteiger partial charge in [0.15, 0.2) is 0 Å². The van der Waals surface area contributed by atoms with Gasteiger partial charge in [0.25, 0.3) is 0 Å². The number of unbranched alkanes of at least 4 members (excludes halogenated alkanes) is 2. The van der Waals surface area contributed by atoms with Crippen molar-refractivity contribution in [3.05, 3.63) is 70.8 Å². The van der Waals surface area contributed by atoms with E-state index in [4.69, 9.17) is 5.26 Å². The molecule has 3 rings (SSSR count). The van der Waals surface area contributed by atoms with Gasteiger partial charge in [-0.3, -0.25) is 0 Å². The van der Waals surface area contributed by atoms with Gasteiger partial charge in [0.2, 0.25) is 0 Å². The monoisotopic (exact) mass is 359 g/mol. The van der Waals surface area contributed by atoms with E-state index in [1.807, 2.05) is 12.1 Å². The van der Waals surface area contributed by atoms with Crippen molar-refractivity contribution < 1.29 is 0 Å². The van der Waals surface area contributed by atoms with Crippen LogP contribution >= 0.6 is 0 Å². The van der Waals surface area contributed by atoms with E-state index in [0.29, 0.717) is 17.8 Å². The van der Waals surface area contributed by atoms with Gasteiger partial charge in [-0.25, -0.2) is 0 Å². The van der Waals surface area contributed by atoms with E-state index in [2.05, 4.69) is 56.3 Å². The lowest BCUT2D eigenvalue weighted by Gasteiger charge is -2.29. The molecule has 142 valence electrons. The molecular formula is C26H33N. The Labute approximate surface area is 165 Å². The third-order valence-electron chi connectivity index (χ3n) is 6.46. The molecule has 27 heavy (non-hydrogen) atoms. The topological polar surface area (TPSA) is 23.8 Å². The highest BCUT2D eigenvalue weighted by molar-refractivity contribution is 5.34. The first-order valence-corrected chi connectivity index (χ1v) is 10.8. The second-order valence-corrected chi connectivity index (χ2v) is 8.35. The lowest BCUT2D eigenvalue weighted by molar-refractivity contribution is 0.396. The molecule has 0 aliphatic heterocycles. The van der Waals surface area contributed by atoms with Gasteiger partial charge in [-0.15, -0.1) is 0 Å². The second-order valence-electron chi connectivity index (χ2n) is 8.35. The Morgan fingerprint density at radius 2 is 1.37 bits per heavy atom. The van der Waals surface area contributed by atoms with Crippen LogP contribution in [0.3, 0.4) is 0 Å². The van der Waals surface area contributed by atoms with Gasteiger partial charge in [-0.1, -0.05) is 69.5 Å². The molecule has 1 nitrogen and oxygen atoms in total.